The van der Waals surface area contributed by atoms with E-state index in [-0.39, 0.29) is 11.9 Å². The fraction of sp³-hybridized carbons (Fsp3) is 0.400. The highest BCUT2D eigenvalue weighted by Crippen LogP contribution is 2.46. The molecule has 13 heavy (non-hydrogen) atoms. The van der Waals surface area contributed by atoms with Crippen LogP contribution in [-0.2, 0) is 15.1 Å². The number of pyridine rings is 1. The second kappa shape index (κ2) is 2.64. The van der Waals surface area contributed by atoms with Gasteiger partial charge in [-0.05, 0) is 31.5 Å². The Morgan fingerprint density at radius 3 is 2.46 bits per heavy atom. The van der Waals surface area contributed by atoms with Crippen molar-refractivity contribution in [3.63, 3.8) is 0 Å². The van der Waals surface area contributed by atoms with Gasteiger partial charge in [0.25, 0.3) is 0 Å². The third kappa shape index (κ3) is 1.08. The average molecular weight is 177 g/mol. The minimum Gasteiger partial charge on any atom is -0.353 e. The van der Waals surface area contributed by atoms with Gasteiger partial charge in [-0.1, -0.05) is 0 Å². The van der Waals surface area contributed by atoms with Crippen LogP contribution in [0.15, 0.2) is 24.5 Å². The first kappa shape index (κ1) is 8.38. The first-order valence-electron chi connectivity index (χ1n) is 4.27. The predicted octanol–water partition coefficient (Wildman–Crippen LogP) is 1.28. The van der Waals surface area contributed by atoms with Crippen molar-refractivity contribution >= 4 is 5.78 Å². The summed E-state index contributed by atoms with van der Waals surface area (Å²) in [4.78, 5) is 15.3. The molecule has 1 saturated heterocycles. The minimum absolute atomic E-state index is 0.00704. The second-order valence-electron chi connectivity index (χ2n) is 3.29. The van der Waals surface area contributed by atoms with Gasteiger partial charge >= 0.3 is 0 Å². The average Bonchev–Trinajstić information content (AvgIpc) is 2.80. The van der Waals surface area contributed by atoms with Crippen molar-refractivity contribution in [3.8, 4) is 0 Å². The highest BCUT2D eigenvalue weighted by atomic mass is 16.6. The van der Waals surface area contributed by atoms with Gasteiger partial charge in [-0.15, -0.1) is 0 Å². The van der Waals surface area contributed by atoms with Gasteiger partial charge in [-0.2, -0.15) is 0 Å². The van der Waals surface area contributed by atoms with Crippen LogP contribution < -0.4 is 0 Å². The van der Waals surface area contributed by atoms with Crippen LogP contribution in [0.3, 0.4) is 0 Å². The molecule has 68 valence electrons. The summed E-state index contributed by atoms with van der Waals surface area (Å²) in [5, 5.41) is 0. The van der Waals surface area contributed by atoms with Crippen molar-refractivity contribution in [2.75, 3.05) is 0 Å². The molecule has 0 spiro atoms. The van der Waals surface area contributed by atoms with Crippen LogP contribution in [0.25, 0.3) is 0 Å². The van der Waals surface area contributed by atoms with Crippen molar-refractivity contribution in [2.45, 2.75) is 25.6 Å². The van der Waals surface area contributed by atoms with Gasteiger partial charge < -0.3 is 4.74 Å². The molecule has 0 radical (unpaired) electrons. The van der Waals surface area contributed by atoms with Crippen LogP contribution in [-0.4, -0.2) is 16.9 Å². The zero-order chi connectivity index (χ0) is 9.47. The zero-order valence-electron chi connectivity index (χ0n) is 7.65. The van der Waals surface area contributed by atoms with Gasteiger partial charge in [0.05, 0.1) is 6.10 Å². The monoisotopic (exact) mass is 177 g/mol. The lowest BCUT2D eigenvalue weighted by molar-refractivity contribution is -0.122. The molecule has 0 bridgehead atoms. The van der Waals surface area contributed by atoms with Crippen LogP contribution in [0.4, 0.5) is 0 Å². The van der Waals surface area contributed by atoms with Crippen LogP contribution in [0.1, 0.15) is 19.4 Å². The van der Waals surface area contributed by atoms with Crippen LogP contribution >= 0.6 is 0 Å². The normalized spacial score (nSPS) is 31.4. The van der Waals surface area contributed by atoms with E-state index in [9.17, 15) is 4.79 Å². The first-order chi connectivity index (χ1) is 6.18. The molecule has 2 atom stereocenters. The molecule has 3 nitrogen and oxygen atoms in total. The highest BCUT2D eigenvalue weighted by Gasteiger charge is 2.58. The molecule has 1 aromatic rings. The van der Waals surface area contributed by atoms with Crippen molar-refractivity contribution in [2.24, 2.45) is 0 Å². The van der Waals surface area contributed by atoms with Crippen LogP contribution in [0.5, 0.6) is 0 Å². The number of aromatic nitrogens is 1. The lowest BCUT2D eigenvalue weighted by Gasteiger charge is -2.07. The van der Waals surface area contributed by atoms with E-state index in [0.717, 1.165) is 5.56 Å². The maximum atomic E-state index is 11.4. The lowest BCUT2D eigenvalue weighted by Crippen LogP contribution is -2.21. The van der Waals surface area contributed by atoms with E-state index in [1.807, 2.05) is 19.1 Å². The van der Waals surface area contributed by atoms with Crippen LogP contribution in [0.2, 0.25) is 0 Å². The molecule has 0 amide bonds. The molecule has 1 aromatic heterocycles. The number of carbonyl (C=O) groups is 1. The molecule has 0 N–H and O–H groups in total. The highest BCUT2D eigenvalue weighted by molar-refractivity contribution is 5.89. The van der Waals surface area contributed by atoms with Gasteiger partial charge in [-0.25, -0.2) is 0 Å². The second-order valence-corrected chi connectivity index (χ2v) is 3.29. The van der Waals surface area contributed by atoms with Crippen molar-refractivity contribution in [1.29, 1.82) is 0 Å². The quantitative estimate of drug-likeness (QED) is 0.639. The summed E-state index contributed by atoms with van der Waals surface area (Å²) >= 11 is 0. The maximum Gasteiger partial charge on any atom is 0.177 e. The van der Waals surface area contributed by atoms with E-state index in [1.165, 1.54) is 0 Å². The molecule has 2 rings (SSSR count). The fourth-order valence-electron chi connectivity index (χ4n) is 1.72. The SMILES string of the molecule is CC(=O)C1(c2ccncc2)OC1C. The molecule has 1 fully saturated rings. The van der Waals surface area contributed by atoms with E-state index in [0.29, 0.717) is 0 Å². The number of Topliss-reactive ketones (excluding diaryl/α,β-unsaturated/α-hetero) is 1. The van der Waals surface area contributed by atoms with Gasteiger partial charge in [0.15, 0.2) is 11.4 Å². The summed E-state index contributed by atoms with van der Waals surface area (Å²) in [6.07, 6.45) is 3.34. The first-order valence-corrected chi connectivity index (χ1v) is 4.27. The van der Waals surface area contributed by atoms with Crippen LogP contribution in [0, 0.1) is 0 Å². The summed E-state index contributed by atoms with van der Waals surface area (Å²) in [5.41, 5.74) is 0.227. The van der Waals surface area contributed by atoms with E-state index >= 15 is 0 Å². The maximum absolute atomic E-state index is 11.4. The number of hydrogen-bond donors (Lipinski definition) is 0. The van der Waals surface area contributed by atoms with Gasteiger partial charge in [0.1, 0.15) is 0 Å². The molecule has 0 aliphatic carbocycles. The summed E-state index contributed by atoms with van der Waals surface area (Å²) < 4.78 is 5.37. The number of ketones is 1. The molecule has 1 aliphatic heterocycles. The molecular formula is C10H11NO2. The van der Waals surface area contributed by atoms with E-state index in [4.69, 9.17) is 4.74 Å². The number of hydrogen-bond acceptors (Lipinski definition) is 3. The summed E-state index contributed by atoms with van der Waals surface area (Å²) in [6.45, 7) is 3.46. The topological polar surface area (TPSA) is 42.5 Å². The molecule has 0 aromatic carbocycles. The smallest absolute Gasteiger partial charge is 0.177 e. The van der Waals surface area contributed by atoms with Gasteiger partial charge in [0.2, 0.25) is 0 Å². The Bertz CT molecular complexity index is 336. The Morgan fingerprint density at radius 1 is 1.54 bits per heavy atom. The van der Waals surface area contributed by atoms with Gasteiger partial charge in [-0.3, -0.25) is 9.78 Å². The fourth-order valence-corrected chi connectivity index (χ4v) is 1.72. The molecule has 1 aliphatic rings. The number of nitrogens with zero attached hydrogens (tertiary/aromatic N) is 1. The Labute approximate surface area is 76.7 Å². The zero-order valence-corrected chi connectivity index (χ0v) is 7.65. The summed E-state index contributed by atoms with van der Waals surface area (Å²) in [7, 11) is 0. The number of ether oxygens (including phenoxy) is 1. The van der Waals surface area contributed by atoms with E-state index in [1.54, 1.807) is 19.3 Å². The lowest BCUT2D eigenvalue weighted by atomic mass is 9.93. The molecule has 2 heterocycles. The van der Waals surface area contributed by atoms with Crippen molar-refractivity contribution < 1.29 is 9.53 Å². The Morgan fingerprint density at radius 2 is 2.08 bits per heavy atom. The predicted molar refractivity (Wildman–Crippen MR) is 47.1 cm³/mol. The number of rotatable bonds is 2. The largest absolute Gasteiger partial charge is 0.353 e. The molecule has 2 unspecified atom stereocenters. The molecule has 3 heteroatoms. The number of epoxide rings is 1. The Kier molecular flexibility index (Phi) is 1.70. The minimum atomic E-state index is -0.678. The molecular weight excluding hydrogens is 166 g/mol. The Hall–Kier alpha value is -1.22. The third-order valence-corrected chi connectivity index (χ3v) is 2.51. The number of carbonyl (C=O) groups excluding carboxylic acids is 1. The third-order valence-electron chi connectivity index (χ3n) is 2.51. The summed E-state index contributed by atoms with van der Waals surface area (Å²) in [6, 6.07) is 3.65. The Balaban J connectivity index is 2.40. The molecule has 0 saturated carbocycles. The standard InChI is InChI=1S/C10H11NO2/c1-7(12)10(8(2)13-10)9-3-5-11-6-4-9/h3-6,8H,1-2H3. The van der Waals surface area contributed by atoms with E-state index < -0.39 is 5.60 Å². The van der Waals surface area contributed by atoms with Crippen molar-refractivity contribution in [1.82, 2.24) is 4.98 Å². The summed E-state index contributed by atoms with van der Waals surface area (Å²) in [5.74, 6) is 0.0613. The van der Waals surface area contributed by atoms with E-state index in [2.05, 4.69) is 4.98 Å². The van der Waals surface area contributed by atoms with Crippen molar-refractivity contribution in [3.05, 3.63) is 30.1 Å². The van der Waals surface area contributed by atoms with Gasteiger partial charge in [0, 0.05) is 12.4 Å².